The van der Waals surface area contributed by atoms with Crippen molar-refractivity contribution in [3.8, 4) is 22.9 Å². The lowest BCUT2D eigenvalue weighted by atomic mass is 9.46. The highest BCUT2D eigenvalue weighted by Gasteiger charge is 2.60. The molecule has 0 unspecified atom stereocenters. The minimum atomic E-state index is -0.148. The van der Waals surface area contributed by atoms with Crippen LogP contribution in [-0.2, 0) is 4.79 Å². The Bertz CT molecular complexity index is 1180. The Hall–Kier alpha value is -2.89. The second kappa shape index (κ2) is 8.60. The molecule has 0 saturated heterocycles. The van der Waals surface area contributed by atoms with Gasteiger partial charge in [0, 0.05) is 17.0 Å². The van der Waals surface area contributed by atoms with Crippen LogP contribution in [0.2, 0.25) is 0 Å². The summed E-state index contributed by atoms with van der Waals surface area (Å²) in [5, 5.41) is 3.32. The Kier molecular flexibility index (Phi) is 5.62. The molecule has 2 heterocycles. The topological polar surface area (TPSA) is 73.3 Å². The summed E-state index contributed by atoms with van der Waals surface area (Å²) in [6, 6.07) is 7.84. The molecule has 1 aromatic heterocycles. The van der Waals surface area contributed by atoms with Crippen LogP contribution < -0.4 is 14.8 Å². The van der Waals surface area contributed by atoms with E-state index in [0.29, 0.717) is 34.8 Å². The molecule has 6 rings (SSSR count). The lowest BCUT2D eigenvalue weighted by Gasteiger charge is -2.60. The van der Waals surface area contributed by atoms with Crippen LogP contribution in [0.25, 0.3) is 11.3 Å². The minimum absolute atomic E-state index is 0.110. The Morgan fingerprint density at radius 1 is 1.03 bits per heavy atom. The molecule has 0 radical (unpaired) electrons. The predicted molar refractivity (Wildman–Crippen MR) is 138 cm³/mol. The van der Waals surface area contributed by atoms with Crippen LogP contribution in [0.3, 0.4) is 0 Å². The standard InChI is InChI=1S/C30H37N3O3/c1-18-14-25-30(3,22-11-13-29(2)12-5-6-21(29)27(18)22)15-24(28(34)33-25)36-26-17-31-23(16-32-26)19-7-9-20(35-4)10-8-19/h7-10,15-18,21-22,25,27H,5-6,11-14H2,1-4H3,(H,33,34)/t18-,21-,22-,25+,27-,29-,30+/m0/s1. The van der Waals surface area contributed by atoms with E-state index in [2.05, 4.69) is 42.1 Å². The SMILES string of the molecule is COc1ccc(-c2cnc(OC3=C[C@@]4(C)[C@@H](C[C@H](C)[C@H]5[C@@H]6CCC[C@@]6(C)CC[C@@H]54)NC3=O)cn2)cc1. The van der Waals surface area contributed by atoms with Gasteiger partial charge in [-0.25, -0.2) is 9.97 Å². The van der Waals surface area contributed by atoms with Crippen LogP contribution in [0.1, 0.15) is 59.3 Å². The molecule has 3 saturated carbocycles. The molecule has 1 aliphatic heterocycles. The summed E-state index contributed by atoms with van der Waals surface area (Å²) in [6.07, 6.45) is 13.1. The molecular formula is C30H37N3O3. The van der Waals surface area contributed by atoms with Gasteiger partial charge in [0.05, 0.1) is 25.2 Å². The molecule has 0 spiro atoms. The number of nitrogens with zero attached hydrogens (tertiary/aromatic N) is 2. The third-order valence-corrected chi connectivity index (χ3v) is 10.1. The second-order valence-corrected chi connectivity index (χ2v) is 12.1. The third kappa shape index (κ3) is 3.72. The molecule has 36 heavy (non-hydrogen) atoms. The van der Waals surface area contributed by atoms with Gasteiger partial charge >= 0.3 is 0 Å². The average molecular weight is 488 g/mol. The van der Waals surface area contributed by atoms with Gasteiger partial charge in [-0.05, 0) is 91.5 Å². The van der Waals surface area contributed by atoms with Crippen molar-refractivity contribution in [1.29, 1.82) is 0 Å². The molecule has 3 fully saturated rings. The molecule has 1 aromatic carbocycles. The molecule has 190 valence electrons. The number of hydrogen-bond donors (Lipinski definition) is 1. The van der Waals surface area contributed by atoms with Crippen molar-refractivity contribution in [2.24, 2.45) is 34.5 Å². The molecule has 1 N–H and O–H groups in total. The van der Waals surface area contributed by atoms with Gasteiger partial charge in [0.1, 0.15) is 5.75 Å². The highest BCUT2D eigenvalue weighted by atomic mass is 16.5. The monoisotopic (exact) mass is 487 g/mol. The number of rotatable bonds is 4. The molecule has 4 aliphatic rings. The van der Waals surface area contributed by atoms with Crippen molar-refractivity contribution in [3.05, 3.63) is 48.5 Å². The van der Waals surface area contributed by atoms with E-state index in [4.69, 9.17) is 9.47 Å². The first-order chi connectivity index (χ1) is 17.3. The summed E-state index contributed by atoms with van der Waals surface area (Å²) in [6.45, 7) is 7.30. The van der Waals surface area contributed by atoms with Gasteiger partial charge in [0.2, 0.25) is 5.88 Å². The fourth-order valence-electron chi connectivity index (χ4n) is 8.21. The number of aromatic nitrogens is 2. The number of nitrogens with one attached hydrogen (secondary N) is 1. The van der Waals surface area contributed by atoms with Gasteiger partial charge < -0.3 is 14.8 Å². The van der Waals surface area contributed by atoms with E-state index in [1.54, 1.807) is 19.5 Å². The maximum absolute atomic E-state index is 13.1. The smallest absolute Gasteiger partial charge is 0.287 e. The molecule has 7 atom stereocenters. The van der Waals surface area contributed by atoms with E-state index in [9.17, 15) is 4.79 Å². The van der Waals surface area contributed by atoms with Crippen molar-refractivity contribution in [2.45, 2.75) is 65.3 Å². The van der Waals surface area contributed by atoms with E-state index in [1.165, 1.54) is 32.1 Å². The Labute approximate surface area is 213 Å². The van der Waals surface area contributed by atoms with Crippen molar-refractivity contribution < 1.29 is 14.3 Å². The summed E-state index contributed by atoms with van der Waals surface area (Å²) in [5.41, 5.74) is 2.07. The lowest BCUT2D eigenvalue weighted by Crippen LogP contribution is -2.62. The van der Waals surface area contributed by atoms with Gasteiger partial charge in [-0.3, -0.25) is 4.79 Å². The number of ether oxygens (including phenoxy) is 2. The number of fused-ring (bicyclic) bond motifs is 5. The number of hydrogen-bond acceptors (Lipinski definition) is 5. The van der Waals surface area contributed by atoms with E-state index < -0.39 is 0 Å². The van der Waals surface area contributed by atoms with Gasteiger partial charge in [0.15, 0.2) is 5.76 Å². The zero-order chi connectivity index (χ0) is 25.1. The fourth-order valence-corrected chi connectivity index (χ4v) is 8.21. The third-order valence-electron chi connectivity index (χ3n) is 10.1. The summed E-state index contributed by atoms with van der Waals surface area (Å²) in [4.78, 5) is 22.1. The molecule has 1 amide bonds. The molecule has 6 heteroatoms. The van der Waals surface area contributed by atoms with Gasteiger partial charge in [-0.1, -0.05) is 27.2 Å². The molecule has 3 aliphatic carbocycles. The van der Waals surface area contributed by atoms with Gasteiger partial charge in [0.25, 0.3) is 5.91 Å². The highest BCUT2D eigenvalue weighted by Crippen LogP contribution is 2.64. The van der Waals surface area contributed by atoms with Crippen molar-refractivity contribution in [3.63, 3.8) is 0 Å². The molecular weight excluding hydrogens is 450 g/mol. The predicted octanol–water partition coefficient (Wildman–Crippen LogP) is 5.79. The normalized spacial score (nSPS) is 37.2. The first-order valence-corrected chi connectivity index (χ1v) is 13.5. The number of benzene rings is 1. The van der Waals surface area contributed by atoms with Crippen LogP contribution in [-0.4, -0.2) is 29.0 Å². The number of carbonyl (C=O) groups excluding carboxylic acids is 1. The Balaban J connectivity index is 1.25. The zero-order valence-corrected chi connectivity index (χ0v) is 21.8. The fraction of sp³-hybridized carbons (Fsp3) is 0.567. The van der Waals surface area contributed by atoms with Crippen LogP contribution >= 0.6 is 0 Å². The number of carbonyl (C=O) groups is 1. The summed E-state index contributed by atoms with van der Waals surface area (Å²) >= 11 is 0. The highest BCUT2D eigenvalue weighted by molar-refractivity contribution is 5.93. The van der Waals surface area contributed by atoms with Gasteiger partial charge in [-0.2, -0.15) is 0 Å². The zero-order valence-electron chi connectivity index (χ0n) is 21.8. The van der Waals surface area contributed by atoms with E-state index >= 15 is 0 Å². The lowest BCUT2D eigenvalue weighted by molar-refractivity contribution is -0.128. The average Bonchev–Trinajstić information content (AvgIpc) is 3.28. The quantitative estimate of drug-likeness (QED) is 0.591. The minimum Gasteiger partial charge on any atom is -0.497 e. The van der Waals surface area contributed by atoms with Crippen molar-refractivity contribution in [1.82, 2.24) is 15.3 Å². The first-order valence-electron chi connectivity index (χ1n) is 13.5. The molecule has 6 nitrogen and oxygen atoms in total. The van der Waals surface area contributed by atoms with Gasteiger partial charge in [-0.15, -0.1) is 0 Å². The Morgan fingerprint density at radius 2 is 1.83 bits per heavy atom. The number of amides is 1. The molecule has 2 aromatic rings. The van der Waals surface area contributed by atoms with Crippen LogP contribution in [0.15, 0.2) is 48.5 Å². The Morgan fingerprint density at radius 3 is 2.56 bits per heavy atom. The summed E-state index contributed by atoms with van der Waals surface area (Å²) in [5.74, 6) is 4.04. The summed E-state index contributed by atoms with van der Waals surface area (Å²) in [7, 11) is 1.65. The maximum Gasteiger partial charge on any atom is 0.287 e. The second-order valence-electron chi connectivity index (χ2n) is 12.1. The maximum atomic E-state index is 13.1. The van der Waals surface area contributed by atoms with Crippen molar-refractivity contribution >= 4 is 5.91 Å². The number of methoxy groups -OCH3 is 1. The van der Waals surface area contributed by atoms with Crippen molar-refractivity contribution in [2.75, 3.05) is 7.11 Å². The van der Waals surface area contributed by atoms with Crippen LogP contribution in [0.5, 0.6) is 11.6 Å². The summed E-state index contributed by atoms with van der Waals surface area (Å²) < 4.78 is 11.3. The van der Waals surface area contributed by atoms with E-state index in [-0.39, 0.29) is 17.4 Å². The first kappa shape index (κ1) is 23.5. The van der Waals surface area contributed by atoms with Crippen LogP contribution in [0.4, 0.5) is 0 Å². The largest absolute Gasteiger partial charge is 0.497 e. The van der Waals surface area contributed by atoms with Crippen LogP contribution in [0, 0.1) is 34.5 Å². The molecule has 0 bridgehead atoms. The van der Waals surface area contributed by atoms with E-state index in [0.717, 1.165) is 29.3 Å². The van der Waals surface area contributed by atoms with E-state index in [1.807, 2.05) is 24.3 Å².